The van der Waals surface area contributed by atoms with Crippen molar-refractivity contribution in [3.8, 4) is 0 Å². The average molecular weight is 213 g/mol. The van der Waals surface area contributed by atoms with Crippen molar-refractivity contribution in [1.82, 2.24) is 4.98 Å². The Labute approximate surface area is 90.0 Å². The second kappa shape index (κ2) is 4.41. The van der Waals surface area contributed by atoms with Crippen LogP contribution in [0.1, 0.15) is 31.5 Å². The van der Waals surface area contributed by atoms with Gasteiger partial charge in [-0.2, -0.15) is 0 Å². The van der Waals surface area contributed by atoms with Gasteiger partial charge in [-0.05, 0) is 24.7 Å². The molecule has 0 aliphatic carbocycles. The van der Waals surface area contributed by atoms with Gasteiger partial charge >= 0.3 is 0 Å². The monoisotopic (exact) mass is 213 g/mol. The summed E-state index contributed by atoms with van der Waals surface area (Å²) in [6.07, 6.45) is 0.879. The summed E-state index contributed by atoms with van der Waals surface area (Å²) in [6, 6.07) is 0. The maximum Gasteiger partial charge on any atom is 0.0897 e. The van der Waals surface area contributed by atoms with Gasteiger partial charge in [-0.1, -0.05) is 20.8 Å². The van der Waals surface area contributed by atoms with Gasteiger partial charge < -0.3 is 5.11 Å². The predicted octanol–water partition coefficient (Wildman–Crippen LogP) is 2.65. The van der Waals surface area contributed by atoms with Crippen molar-refractivity contribution in [2.24, 2.45) is 11.3 Å². The molecule has 0 radical (unpaired) electrons. The lowest BCUT2D eigenvalue weighted by molar-refractivity contribution is 0.130. The first-order valence-electron chi connectivity index (χ1n) is 4.95. The number of rotatable bonds is 3. The maximum atomic E-state index is 9.31. The minimum atomic E-state index is 0.145. The van der Waals surface area contributed by atoms with E-state index in [-0.39, 0.29) is 12.0 Å². The molecule has 0 aliphatic heterocycles. The molecule has 1 aromatic rings. The molecule has 1 aromatic heterocycles. The summed E-state index contributed by atoms with van der Waals surface area (Å²) in [7, 11) is 0. The first-order chi connectivity index (χ1) is 6.43. The molecule has 0 saturated heterocycles. The van der Waals surface area contributed by atoms with Crippen LogP contribution in [0.3, 0.4) is 0 Å². The van der Waals surface area contributed by atoms with Crippen molar-refractivity contribution in [1.29, 1.82) is 0 Å². The first-order valence-corrected chi connectivity index (χ1v) is 5.83. The molecule has 1 unspecified atom stereocenters. The second-order valence-electron chi connectivity index (χ2n) is 4.81. The van der Waals surface area contributed by atoms with Gasteiger partial charge in [-0.25, -0.2) is 4.98 Å². The first kappa shape index (κ1) is 11.7. The summed E-state index contributed by atoms with van der Waals surface area (Å²) < 4.78 is 0. The predicted molar refractivity (Wildman–Crippen MR) is 60.6 cm³/mol. The zero-order valence-corrected chi connectivity index (χ0v) is 10.2. The van der Waals surface area contributed by atoms with E-state index in [1.807, 2.05) is 6.92 Å². The molecule has 0 fully saturated rings. The summed E-state index contributed by atoms with van der Waals surface area (Å²) in [6.45, 7) is 8.73. The number of hydrogen-bond donors (Lipinski definition) is 1. The lowest BCUT2D eigenvalue weighted by Gasteiger charge is -2.28. The SMILES string of the molecule is Cc1nc(CC(CO)C(C)(C)C)cs1. The molecule has 0 saturated carbocycles. The molecule has 1 N–H and O–H groups in total. The van der Waals surface area contributed by atoms with Crippen LogP contribution >= 0.6 is 11.3 Å². The molecule has 0 aliphatic rings. The summed E-state index contributed by atoms with van der Waals surface area (Å²) in [5.74, 6) is 0.295. The fourth-order valence-corrected chi connectivity index (χ4v) is 2.02. The van der Waals surface area contributed by atoms with E-state index in [0.717, 1.165) is 17.1 Å². The standard InChI is InChI=1S/C11H19NOS/c1-8-12-10(7-14-8)5-9(6-13)11(2,3)4/h7,9,13H,5-6H2,1-4H3. The fourth-order valence-electron chi connectivity index (χ4n) is 1.40. The zero-order valence-electron chi connectivity index (χ0n) is 9.37. The second-order valence-corrected chi connectivity index (χ2v) is 5.87. The van der Waals surface area contributed by atoms with Gasteiger partial charge in [0.05, 0.1) is 10.7 Å². The number of thiazole rings is 1. The van der Waals surface area contributed by atoms with Crippen molar-refractivity contribution >= 4 is 11.3 Å². The van der Waals surface area contributed by atoms with E-state index in [9.17, 15) is 5.11 Å². The van der Waals surface area contributed by atoms with Gasteiger partial charge in [0.25, 0.3) is 0 Å². The number of hydrogen-bond acceptors (Lipinski definition) is 3. The van der Waals surface area contributed by atoms with E-state index in [1.165, 1.54) is 0 Å². The Hall–Kier alpha value is -0.410. The van der Waals surface area contributed by atoms with Crippen LogP contribution in [0.5, 0.6) is 0 Å². The highest BCUT2D eigenvalue weighted by molar-refractivity contribution is 7.09. The molecule has 3 heteroatoms. The highest BCUT2D eigenvalue weighted by atomic mass is 32.1. The van der Waals surface area contributed by atoms with Gasteiger partial charge in [0.1, 0.15) is 0 Å². The van der Waals surface area contributed by atoms with Gasteiger partial charge in [0.15, 0.2) is 0 Å². The Morgan fingerprint density at radius 2 is 2.14 bits per heavy atom. The molecule has 80 valence electrons. The van der Waals surface area contributed by atoms with Crippen LogP contribution in [0.4, 0.5) is 0 Å². The van der Waals surface area contributed by atoms with E-state index >= 15 is 0 Å². The van der Waals surface area contributed by atoms with Gasteiger partial charge in [0.2, 0.25) is 0 Å². The third-order valence-corrected chi connectivity index (χ3v) is 3.39. The molecule has 0 amide bonds. The molecule has 1 rings (SSSR count). The van der Waals surface area contributed by atoms with Gasteiger partial charge in [-0.3, -0.25) is 0 Å². The summed E-state index contributed by atoms with van der Waals surface area (Å²) in [4.78, 5) is 4.42. The third-order valence-electron chi connectivity index (χ3n) is 2.57. The Morgan fingerprint density at radius 1 is 1.50 bits per heavy atom. The van der Waals surface area contributed by atoms with Crippen LogP contribution < -0.4 is 0 Å². The molecule has 1 atom stereocenters. The van der Waals surface area contributed by atoms with E-state index < -0.39 is 0 Å². The molecule has 0 spiro atoms. The largest absolute Gasteiger partial charge is 0.396 e. The summed E-state index contributed by atoms with van der Waals surface area (Å²) in [5.41, 5.74) is 1.26. The van der Waals surface area contributed by atoms with E-state index in [2.05, 4.69) is 31.1 Å². The van der Waals surface area contributed by atoms with Crippen LogP contribution in [0.25, 0.3) is 0 Å². The molecule has 0 aromatic carbocycles. The van der Waals surface area contributed by atoms with Gasteiger partial charge in [0, 0.05) is 12.0 Å². The smallest absolute Gasteiger partial charge is 0.0897 e. The zero-order chi connectivity index (χ0) is 10.8. The van der Waals surface area contributed by atoms with Crippen LogP contribution in [-0.2, 0) is 6.42 Å². The van der Waals surface area contributed by atoms with Crippen LogP contribution in [-0.4, -0.2) is 16.7 Å². The fraction of sp³-hybridized carbons (Fsp3) is 0.727. The van der Waals surface area contributed by atoms with Crippen LogP contribution in [0.2, 0.25) is 0 Å². The van der Waals surface area contributed by atoms with Crippen molar-refractivity contribution < 1.29 is 5.11 Å². The highest BCUT2D eigenvalue weighted by Gasteiger charge is 2.24. The van der Waals surface area contributed by atoms with Crippen molar-refractivity contribution in [3.05, 3.63) is 16.1 Å². The normalized spacial score (nSPS) is 14.4. The topological polar surface area (TPSA) is 33.1 Å². The molecule has 1 heterocycles. The minimum Gasteiger partial charge on any atom is -0.396 e. The van der Waals surface area contributed by atoms with E-state index in [4.69, 9.17) is 0 Å². The Morgan fingerprint density at radius 3 is 2.50 bits per heavy atom. The van der Waals surface area contributed by atoms with Crippen molar-refractivity contribution in [2.45, 2.75) is 34.1 Å². The van der Waals surface area contributed by atoms with E-state index in [0.29, 0.717) is 5.92 Å². The highest BCUT2D eigenvalue weighted by Crippen LogP contribution is 2.28. The number of aryl methyl sites for hydroxylation is 1. The van der Waals surface area contributed by atoms with Crippen molar-refractivity contribution in [3.63, 3.8) is 0 Å². The quantitative estimate of drug-likeness (QED) is 0.837. The molecular formula is C11H19NOS. The number of aliphatic hydroxyl groups is 1. The average Bonchev–Trinajstić information content (AvgIpc) is 2.45. The lowest BCUT2D eigenvalue weighted by atomic mass is 9.79. The summed E-state index contributed by atoms with van der Waals surface area (Å²) in [5, 5.41) is 12.5. The molecular weight excluding hydrogens is 194 g/mol. The minimum absolute atomic E-state index is 0.145. The maximum absolute atomic E-state index is 9.31. The molecule has 0 bridgehead atoms. The van der Waals surface area contributed by atoms with Crippen LogP contribution in [0, 0.1) is 18.3 Å². The number of nitrogens with zero attached hydrogens (tertiary/aromatic N) is 1. The number of aromatic nitrogens is 1. The Bertz CT molecular complexity index is 288. The Balaban J connectivity index is 2.66. The molecule has 14 heavy (non-hydrogen) atoms. The molecule has 2 nitrogen and oxygen atoms in total. The van der Waals surface area contributed by atoms with Crippen LogP contribution in [0.15, 0.2) is 5.38 Å². The van der Waals surface area contributed by atoms with E-state index in [1.54, 1.807) is 11.3 Å². The van der Waals surface area contributed by atoms with Crippen molar-refractivity contribution in [2.75, 3.05) is 6.61 Å². The Kier molecular flexibility index (Phi) is 3.67. The van der Waals surface area contributed by atoms with Gasteiger partial charge in [-0.15, -0.1) is 11.3 Å². The number of aliphatic hydroxyl groups excluding tert-OH is 1. The summed E-state index contributed by atoms with van der Waals surface area (Å²) >= 11 is 1.67. The lowest BCUT2D eigenvalue weighted by Crippen LogP contribution is -2.26. The third kappa shape index (κ3) is 3.07.